The molecular weight excluding hydrogens is 341 g/mol. The minimum Gasteiger partial charge on any atom is -0.455 e. The second kappa shape index (κ2) is 6.06. The third-order valence-corrected chi connectivity index (χ3v) is 3.22. The molecule has 18 heavy (non-hydrogen) atoms. The van der Waals surface area contributed by atoms with Gasteiger partial charge in [0.05, 0.1) is 5.69 Å². The lowest BCUT2D eigenvalue weighted by Crippen LogP contribution is -1.97. The van der Waals surface area contributed by atoms with Crippen molar-refractivity contribution < 1.29 is 9.84 Å². The molecule has 0 unspecified atom stereocenters. The lowest BCUT2D eigenvalue weighted by atomic mass is 10.1. The van der Waals surface area contributed by atoms with Gasteiger partial charge in [0.1, 0.15) is 11.5 Å². The van der Waals surface area contributed by atoms with Gasteiger partial charge in [-0.2, -0.15) is 0 Å². The van der Waals surface area contributed by atoms with Gasteiger partial charge in [0.2, 0.25) is 0 Å². The number of nitrogens with two attached hydrogens (primary N) is 1. The molecule has 0 spiro atoms. The van der Waals surface area contributed by atoms with E-state index < -0.39 is 0 Å². The molecule has 3 N–H and O–H groups in total. The van der Waals surface area contributed by atoms with Crippen molar-refractivity contribution in [1.29, 1.82) is 0 Å². The Morgan fingerprint density at radius 3 is 2.61 bits per heavy atom. The molecule has 0 bridgehead atoms. The SMILES string of the molecule is Nc1cc(I)ccc1Oc1ccccc1CCO. The summed E-state index contributed by atoms with van der Waals surface area (Å²) in [5.41, 5.74) is 7.50. The van der Waals surface area contributed by atoms with Crippen LogP contribution in [0.3, 0.4) is 0 Å². The maximum atomic E-state index is 9.02. The van der Waals surface area contributed by atoms with Crippen LogP contribution in [-0.4, -0.2) is 11.7 Å². The zero-order valence-corrected chi connectivity index (χ0v) is 11.9. The quantitative estimate of drug-likeness (QED) is 0.654. The summed E-state index contributed by atoms with van der Waals surface area (Å²) in [6.45, 7) is 0.0997. The summed E-state index contributed by atoms with van der Waals surface area (Å²) in [5, 5.41) is 9.02. The van der Waals surface area contributed by atoms with E-state index in [1.807, 2.05) is 42.5 Å². The number of anilines is 1. The first-order valence-corrected chi connectivity index (χ1v) is 6.70. The van der Waals surface area contributed by atoms with E-state index in [0.717, 1.165) is 14.9 Å². The molecule has 0 amide bonds. The van der Waals surface area contributed by atoms with Crippen LogP contribution in [0.2, 0.25) is 0 Å². The molecule has 0 aliphatic heterocycles. The summed E-state index contributed by atoms with van der Waals surface area (Å²) in [7, 11) is 0. The van der Waals surface area contributed by atoms with Crippen LogP contribution in [0.25, 0.3) is 0 Å². The van der Waals surface area contributed by atoms with E-state index in [4.69, 9.17) is 15.6 Å². The van der Waals surface area contributed by atoms with Crippen molar-refractivity contribution in [1.82, 2.24) is 0 Å². The average molecular weight is 355 g/mol. The van der Waals surface area contributed by atoms with Crippen molar-refractivity contribution in [3.63, 3.8) is 0 Å². The molecular formula is C14H14INO2. The first-order chi connectivity index (χ1) is 8.70. The fourth-order valence-corrected chi connectivity index (χ4v) is 2.18. The maximum absolute atomic E-state index is 9.02. The number of hydrogen-bond donors (Lipinski definition) is 2. The zero-order chi connectivity index (χ0) is 13.0. The number of halogens is 1. The molecule has 0 radical (unpaired) electrons. The highest BCUT2D eigenvalue weighted by Gasteiger charge is 2.06. The number of aliphatic hydroxyl groups is 1. The fourth-order valence-electron chi connectivity index (χ4n) is 1.66. The molecule has 0 atom stereocenters. The van der Waals surface area contributed by atoms with Gasteiger partial charge in [-0.1, -0.05) is 18.2 Å². The Labute approximate surface area is 120 Å². The highest BCUT2D eigenvalue weighted by molar-refractivity contribution is 14.1. The predicted molar refractivity (Wildman–Crippen MR) is 80.9 cm³/mol. The number of nitrogen functional groups attached to an aromatic ring is 1. The fraction of sp³-hybridized carbons (Fsp3) is 0.143. The number of benzene rings is 2. The molecule has 0 heterocycles. The minimum atomic E-state index is 0.0997. The minimum absolute atomic E-state index is 0.0997. The van der Waals surface area contributed by atoms with Crippen LogP contribution >= 0.6 is 22.6 Å². The van der Waals surface area contributed by atoms with E-state index in [1.165, 1.54) is 0 Å². The molecule has 4 heteroatoms. The first kappa shape index (κ1) is 13.2. The number of ether oxygens (including phenoxy) is 1. The number of para-hydroxylation sites is 1. The second-order valence-electron chi connectivity index (χ2n) is 3.87. The van der Waals surface area contributed by atoms with Crippen LogP contribution in [0.5, 0.6) is 11.5 Å². The van der Waals surface area contributed by atoms with E-state index in [9.17, 15) is 0 Å². The van der Waals surface area contributed by atoms with Crippen LogP contribution in [0.15, 0.2) is 42.5 Å². The van der Waals surface area contributed by atoms with Crippen molar-refractivity contribution in [3.8, 4) is 11.5 Å². The number of rotatable bonds is 4. The summed E-state index contributed by atoms with van der Waals surface area (Å²) >= 11 is 2.20. The largest absolute Gasteiger partial charge is 0.455 e. The van der Waals surface area contributed by atoms with Crippen LogP contribution in [0, 0.1) is 3.57 Å². The van der Waals surface area contributed by atoms with Crippen molar-refractivity contribution >= 4 is 28.3 Å². The molecule has 0 saturated heterocycles. The van der Waals surface area contributed by atoms with Crippen LogP contribution in [-0.2, 0) is 6.42 Å². The van der Waals surface area contributed by atoms with Crippen molar-refractivity contribution in [2.24, 2.45) is 0 Å². The van der Waals surface area contributed by atoms with Gasteiger partial charge in [0, 0.05) is 10.2 Å². The summed E-state index contributed by atoms with van der Waals surface area (Å²) in [4.78, 5) is 0. The van der Waals surface area contributed by atoms with Crippen LogP contribution in [0.4, 0.5) is 5.69 Å². The van der Waals surface area contributed by atoms with E-state index >= 15 is 0 Å². The van der Waals surface area contributed by atoms with Crippen molar-refractivity contribution in [2.45, 2.75) is 6.42 Å². The molecule has 3 nitrogen and oxygen atoms in total. The van der Waals surface area contributed by atoms with Gasteiger partial charge in [-0.15, -0.1) is 0 Å². The Bertz CT molecular complexity index is 543. The summed E-state index contributed by atoms with van der Waals surface area (Å²) in [6, 6.07) is 13.3. The molecule has 0 saturated carbocycles. The molecule has 2 rings (SSSR count). The standard InChI is InChI=1S/C14H14INO2/c15-11-5-6-14(12(16)9-11)18-13-4-2-1-3-10(13)7-8-17/h1-6,9,17H,7-8,16H2. The molecule has 2 aromatic rings. The van der Waals surface area contributed by atoms with Gasteiger partial charge in [0.25, 0.3) is 0 Å². The van der Waals surface area contributed by atoms with E-state index in [2.05, 4.69) is 22.6 Å². The molecule has 0 aromatic heterocycles. The number of hydrogen-bond acceptors (Lipinski definition) is 3. The summed E-state index contributed by atoms with van der Waals surface area (Å²) < 4.78 is 6.88. The van der Waals surface area contributed by atoms with Crippen molar-refractivity contribution in [2.75, 3.05) is 12.3 Å². The molecule has 0 aliphatic carbocycles. The topological polar surface area (TPSA) is 55.5 Å². The number of aliphatic hydroxyl groups excluding tert-OH is 1. The highest BCUT2D eigenvalue weighted by atomic mass is 127. The molecule has 0 aliphatic rings. The predicted octanol–water partition coefficient (Wildman–Crippen LogP) is 3.20. The van der Waals surface area contributed by atoms with Gasteiger partial charge >= 0.3 is 0 Å². The maximum Gasteiger partial charge on any atom is 0.150 e. The third-order valence-electron chi connectivity index (χ3n) is 2.55. The Kier molecular flexibility index (Phi) is 4.43. The van der Waals surface area contributed by atoms with E-state index in [0.29, 0.717) is 17.9 Å². The molecule has 2 aromatic carbocycles. The zero-order valence-electron chi connectivity index (χ0n) is 9.77. The Morgan fingerprint density at radius 2 is 1.89 bits per heavy atom. The normalized spacial score (nSPS) is 10.3. The van der Waals surface area contributed by atoms with Gasteiger partial charge in [-0.25, -0.2) is 0 Å². The molecule has 0 fully saturated rings. The van der Waals surface area contributed by atoms with Gasteiger partial charge in [0.15, 0.2) is 0 Å². The Morgan fingerprint density at radius 1 is 1.11 bits per heavy atom. The van der Waals surface area contributed by atoms with Crippen LogP contribution < -0.4 is 10.5 Å². The first-order valence-electron chi connectivity index (χ1n) is 5.62. The Hall–Kier alpha value is -1.27. The third kappa shape index (κ3) is 3.14. The highest BCUT2D eigenvalue weighted by Crippen LogP contribution is 2.30. The smallest absolute Gasteiger partial charge is 0.150 e. The van der Waals surface area contributed by atoms with Gasteiger partial charge < -0.3 is 15.6 Å². The monoisotopic (exact) mass is 355 g/mol. The van der Waals surface area contributed by atoms with Gasteiger partial charge in [-0.05, 0) is 58.8 Å². The van der Waals surface area contributed by atoms with E-state index in [1.54, 1.807) is 0 Å². The van der Waals surface area contributed by atoms with Crippen LogP contribution in [0.1, 0.15) is 5.56 Å². The summed E-state index contributed by atoms with van der Waals surface area (Å²) in [6.07, 6.45) is 0.570. The van der Waals surface area contributed by atoms with Crippen molar-refractivity contribution in [3.05, 3.63) is 51.6 Å². The second-order valence-corrected chi connectivity index (χ2v) is 5.11. The summed E-state index contributed by atoms with van der Waals surface area (Å²) in [5.74, 6) is 1.38. The average Bonchev–Trinajstić information content (AvgIpc) is 2.35. The Balaban J connectivity index is 2.28. The molecule has 94 valence electrons. The van der Waals surface area contributed by atoms with Gasteiger partial charge in [-0.3, -0.25) is 0 Å². The lowest BCUT2D eigenvalue weighted by molar-refractivity contribution is 0.298. The lowest BCUT2D eigenvalue weighted by Gasteiger charge is -2.12. The van der Waals surface area contributed by atoms with E-state index in [-0.39, 0.29) is 6.61 Å².